The van der Waals surface area contributed by atoms with Gasteiger partial charge in [0.05, 0.1) is 36.9 Å². The van der Waals surface area contributed by atoms with Crippen LogP contribution in [0, 0.1) is 6.92 Å². The minimum atomic E-state index is -0.670. The third-order valence-electron chi connectivity index (χ3n) is 4.52. The first-order chi connectivity index (χ1) is 13.1. The second kappa shape index (κ2) is 7.76. The molecule has 7 heteroatoms. The van der Waals surface area contributed by atoms with Crippen LogP contribution in [0.4, 0.5) is 0 Å². The number of hydrogen-bond acceptors (Lipinski definition) is 5. The van der Waals surface area contributed by atoms with Crippen molar-refractivity contribution >= 4 is 22.6 Å². The smallest absolute Gasteiger partial charge is 0.163 e. The molecule has 0 fully saturated rings. The molecule has 0 bridgehead atoms. The van der Waals surface area contributed by atoms with E-state index in [1.165, 1.54) is 0 Å². The van der Waals surface area contributed by atoms with Gasteiger partial charge in [0.15, 0.2) is 11.5 Å². The third kappa shape index (κ3) is 3.88. The van der Waals surface area contributed by atoms with Gasteiger partial charge in [-0.15, -0.1) is 0 Å². The number of aliphatic hydroxyl groups excluding tert-OH is 1. The van der Waals surface area contributed by atoms with E-state index in [1.807, 2.05) is 47.9 Å². The zero-order valence-electron chi connectivity index (χ0n) is 15.0. The lowest BCUT2D eigenvalue weighted by atomic mass is 10.2. The number of ether oxygens (including phenoxy) is 3. The molecule has 142 valence electrons. The Balaban J connectivity index is 1.44. The zero-order valence-corrected chi connectivity index (χ0v) is 15.8. The maximum Gasteiger partial charge on any atom is 0.163 e. The normalized spacial score (nSPS) is 14.5. The number of rotatable bonds is 6. The summed E-state index contributed by atoms with van der Waals surface area (Å²) in [5, 5.41) is 11.1. The van der Waals surface area contributed by atoms with Crippen LogP contribution in [0.25, 0.3) is 11.0 Å². The molecule has 0 radical (unpaired) electrons. The number of hydrogen-bond donors (Lipinski definition) is 1. The predicted molar refractivity (Wildman–Crippen MR) is 103 cm³/mol. The SMILES string of the molecule is Cc1nc2cc3c(cc2n1C[C@@H](O)COCc1ccccc1Cl)OCCO3. The molecule has 0 aliphatic carbocycles. The van der Waals surface area contributed by atoms with Crippen molar-refractivity contribution in [2.45, 2.75) is 26.2 Å². The first kappa shape index (κ1) is 18.1. The van der Waals surface area contributed by atoms with Crippen molar-refractivity contribution in [3.05, 3.63) is 52.8 Å². The van der Waals surface area contributed by atoms with E-state index in [0.29, 0.717) is 42.9 Å². The minimum absolute atomic E-state index is 0.203. The maximum absolute atomic E-state index is 10.4. The highest BCUT2D eigenvalue weighted by Crippen LogP contribution is 2.34. The largest absolute Gasteiger partial charge is 0.486 e. The summed E-state index contributed by atoms with van der Waals surface area (Å²) in [6.45, 7) is 3.93. The number of fused-ring (bicyclic) bond motifs is 2. The predicted octanol–water partition coefficient (Wildman–Crippen LogP) is 3.35. The number of benzene rings is 2. The molecule has 27 heavy (non-hydrogen) atoms. The Morgan fingerprint density at radius 1 is 1.22 bits per heavy atom. The Morgan fingerprint density at radius 2 is 1.96 bits per heavy atom. The summed E-state index contributed by atoms with van der Waals surface area (Å²) >= 11 is 6.12. The van der Waals surface area contributed by atoms with Crippen molar-refractivity contribution in [2.24, 2.45) is 0 Å². The fraction of sp³-hybridized carbons (Fsp3) is 0.350. The van der Waals surface area contributed by atoms with E-state index in [9.17, 15) is 5.11 Å². The molecular formula is C20H21ClN2O4. The molecule has 2 heterocycles. The number of aliphatic hydroxyl groups is 1. The Morgan fingerprint density at radius 3 is 2.74 bits per heavy atom. The molecule has 6 nitrogen and oxygen atoms in total. The van der Waals surface area contributed by atoms with Gasteiger partial charge in [-0.2, -0.15) is 0 Å². The molecule has 1 aliphatic rings. The molecule has 4 rings (SSSR count). The highest BCUT2D eigenvalue weighted by Gasteiger charge is 2.18. The lowest BCUT2D eigenvalue weighted by Crippen LogP contribution is -2.22. The Labute approximate surface area is 162 Å². The number of aryl methyl sites for hydroxylation is 1. The third-order valence-corrected chi connectivity index (χ3v) is 4.89. The Kier molecular flexibility index (Phi) is 5.20. The topological polar surface area (TPSA) is 65.7 Å². The van der Waals surface area contributed by atoms with Gasteiger partial charge in [0.25, 0.3) is 0 Å². The number of imidazole rings is 1. The Bertz CT molecular complexity index is 957. The first-order valence-corrected chi connectivity index (χ1v) is 9.25. The molecule has 0 saturated heterocycles. The van der Waals surface area contributed by atoms with E-state index < -0.39 is 6.10 Å². The first-order valence-electron chi connectivity index (χ1n) is 8.87. The molecular weight excluding hydrogens is 368 g/mol. The fourth-order valence-electron chi connectivity index (χ4n) is 3.20. The van der Waals surface area contributed by atoms with Crippen LogP contribution in [0.15, 0.2) is 36.4 Å². The number of aromatic nitrogens is 2. The summed E-state index contributed by atoms with van der Waals surface area (Å²) in [7, 11) is 0. The van der Waals surface area contributed by atoms with Crippen LogP contribution in [-0.4, -0.2) is 40.6 Å². The minimum Gasteiger partial charge on any atom is -0.486 e. The average molecular weight is 389 g/mol. The molecule has 0 unspecified atom stereocenters. The van der Waals surface area contributed by atoms with Gasteiger partial charge in [-0.1, -0.05) is 29.8 Å². The molecule has 0 spiro atoms. The molecule has 1 N–H and O–H groups in total. The Hall–Kier alpha value is -2.28. The summed E-state index contributed by atoms with van der Waals surface area (Å²) in [5.41, 5.74) is 2.63. The highest BCUT2D eigenvalue weighted by molar-refractivity contribution is 6.31. The van der Waals surface area contributed by atoms with Gasteiger partial charge in [-0.25, -0.2) is 4.98 Å². The van der Waals surface area contributed by atoms with Gasteiger partial charge >= 0.3 is 0 Å². The summed E-state index contributed by atoms with van der Waals surface area (Å²) in [6.07, 6.45) is -0.670. The van der Waals surface area contributed by atoms with E-state index >= 15 is 0 Å². The van der Waals surface area contributed by atoms with Gasteiger partial charge in [0.1, 0.15) is 19.0 Å². The summed E-state index contributed by atoms with van der Waals surface area (Å²) < 4.78 is 18.9. The zero-order chi connectivity index (χ0) is 18.8. The van der Waals surface area contributed by atoms with Crippen LogP contribution in [0.1, 0.15) is 11.4 Å². The standard InChI is InChI=1S/C20H21ClN2O4/c1-13-22-17-8-19-20(27-7-6-26-19)9-18(17)23(13)10-15(24)12-25-11-14-4-2-3-5-16(14)21/h2-5,8-9,15,24H,6-7,10-12H2,1H3/t15-/m1/s1. The quantitative estimate of drug-likeness (QED) is 0.701. The van der Waals surface area contributed by atoms with Crippen molar-refractivity contribution in [1.82, 2.24) is 9.55 Å². The molecule has 0 saturated carbocycles. The van der Waals surface area contributed by atoms with E-state index in [0.717, 1.165) is 22.4 Å². The van der Waals surface area contributed by atoms with Crippen LogP contribution in [0.2, 0.25) is 5.02 Å². The van der Waals surface area contributed by atoms with E-state index in [1.54, 1.807) is 0 Å². The van der Waals surface area contributed by atoms with Crippen LogP contribution in [-0.2, 0) is 17.9 Å². The molecule has 1 aromatic heterocycles. The van der Waals surface area contributed by atoms with E-state index in [-0.39, 0.29) is 6.61 Å². The van der Waals surface area contributed by atoms with Crippen LogP contribution in [0.3, 0.4) is 0 Å². The van der Waals surface area contributed by atoms with Gasteiger partial charge in [0, 0.05) is 17.2 Å². The van der Waals surface area contributed by atoms with Crippen LogP contribution < -0.4 is 9.47 Å². The fourth-order valence-corrected chi connectivity index (χ4v) is 3.39. The van der Waals surface area contributed by atoms with Crippen molar-refractivity contribution < 1.29 is 19.3 Å². The molecule has 3 aromatic rings. The molecule has 0 amide bonds. The van der Waals surface area contributed by atoms with Crippen molar-refractivity contribution in [3.63, 3.8) is 0 Å². The highest BCUT2D eigenvalue weighted by atomic mass is 35.5. The molecule has 2 aromatic carbocycles. The lowest BCUT2D eigenvalue weighted by Gasteiger charge is -2.19. The van der Waals surface area contributed by atoms with E-state index in [2.05, 4.69) is 4.98 Å². The van der Waals surface area contributed by atoms with Crippen molar-refractivity contribution in [1.29, 1.82) is 0 Å². The second-order valence-electron chi connectivity index (χ2n) is 6.51. The van der Waals surface area contributed by atoms with Gasteiger partial charge in [-0.05, 0) is 18.6 Å². The summed E-state index contributed by atoms with van der Waals surface area (Å²) in [6, 6.07) is 11.3. The molecule has 1 aliphatic heterocycles. The monoisotopic (exact) mass is 388 g/mol. The summed E-state index contributed by atoms with van der Waals surface area (Å²) in [4.78, 5) is 4.57. The average Bonchev–Trinajstić information content (AvgIpc) is 2.96. The number of halogens is 1. The van der Waals surface area contributed by atoms with Crippen LogP contribution in [0.5, 0.6) is 11.5 Å². The van der Waals surface area contributed by atoms with Crippen molar-refractivity contribution in [3.8, 4) is 11.5 Å². The number of nitrogens with zero attached hydrogens (tertiary/aromatic N) is 2. The van der Waals surface area contributed by atoms with Crippen molar-refractivity contribution in [2.75, 3.05) is 19.8 Å². The molecule has 1 atom stereocenters. The van der Waals surface area contributed by atoms with Gasteiger partial charge in [-0.3, -0.25) is 0 Å². The second-order valence-corrected chi connectivity index (χ2v) is 6.92. The van der Waals surface area contributed by atoms with E-state index in [4.69, 9.17) is 25.8 Å². The van der Waals surface area contributed by atoms with Gasteiger partial charge in [0.2, 0.25) is 0 Å². The maximum atomic E-state index is 10.4. The lowest BCUT2D eigenvalue weighted by molar-refractivity contribution is 0.0206. The van der Waals surface area contributed by atoms with Crippen LogP contribution >= 0.6 is 11.6 Å². The van der Waals surface area contributed by atoms with Gasteiger partial charge < -0.3 is 23.9 Å². The summed E-state index contributed by atoms with van der Waals surface area (Å²) in [5.74, 6) is 2.24.